The first-order valence-electron chi connectivity index (χ1n) is 5.80. The number of carbonyl (C=O) groups excluding carboxylic acids is 1. The normalized spacial score (nSPS) is 9.60. The lowest BCUT2D eigenvalue weighted by Gasteiger charge is -2.09. The van der Waals surface area contributed by atoms with E-state index in [0.717, 1.165) is 0 Å². The van der Waals surface area contributed by atoms with Gasteiger partial charge in [-0.2, -0.15) is 5.26 Å². The van der Waals surface area contributed by atoms with Crippen molar-refractivity contribution >= 4 is 11.7 Å². The zero-order valence-electron chi connectivity index (χ0n) is 10.8. The summed E-state index contributed by atoms with van der Waals surface area (Å²) >= 11 is 0. The predicted octanol–water partition coefficient (Wildman–Crippen LogP) is 2.72. The van der Waals surface area contributed by atoms with Crippen LogP contribution in [0.2, 0.25) is 0 Å². The van der Waals surface area contributed by atoms with Gasteiger partial charge in [0.2, 0.25) is 0 Å². The van der Waals surface area contributed by atoms with E-state index >= 15 is 0 Å². The van der Waals surface area contributed by atoms with Gasteiger partial charge in [0.05, 0.1) is 18.2 Å². The average molecular weight is 268 g/mol. The van der Waals surface area contributed by atoms with Crippen LogP contribution in [-0.4, -0.2) is 13.1 Å². The minimum Gasteiger partial charge on any atom is -0.465 e. The van der Waals surface area contributed by atoms with Crippen LogP contribution in [0.5, 0.6) is 11.5 Å². The third-order valence-corrected chi connectivity index (χ3v) is 2.67. The average Bonchev–Trinajstić information content (AvgIpc) is 2.49. The van der Waals surface area contributed by atoms with Gasteiger partial charge < -0.3 is 15.2 Å². The maximum atomic E-state index is 11.6. The van der Waals surface area contributed by atoms with Gasteiger partial charge in [0.15, 0.2) is 0 Å². The Morgan fingerprint density at radius 1 is 1.25 bits per heavy atom. The molecule has 0 aliphatic carbocycles. The number of esters is 1. The Balaban J connectivity index is 2.35. The number of rotatable bonds is 3. The van der Waals surface area contributed by atoms with Gasteiger partial charge in [-0.3, -0.25) is 0 Å². The standard InChI is InChI=1S/C15H12N2O3/c1-19-15(18)12-8-11(6-7-13(12)17)20-14-5-3-2-4-10(14)9-16/h2-8H,17H2,1H3. The maximum absolute atomic E-state index is 11.6. The minimum atomic E-state index is -0.540. The third-order valence-electron chi connectivity index (χ3n) is 2.67. The molecule has 0 bridgehead atoms. The summed E-state index contributed by atoms with van der Waals surface area (Å²) in [5, 5.41) is 9.00. The zero-order chi connectivity index (χ0) is 14.5. The smallest absolute Gasteiger partial charge is 0.340 e. The highest BCUT2D eigenvalue weighted by atomic mass is 16.5. The van der Waals surface area contributed by atoms with Crippen LogP contribution < -0.4 is 10.5 Å². The molecule has 0 unspecified atom stereocenters. The largest absolute Gasteiger partial charge is 0.465 e. The summed E-state index contributed by atoms with van der Waals surface area (Å²) in [4.78, 5) is 11.6. The van der Waals surface area contributed by atoms with Crippen molar-refractivity contribution in [3.63, 3.8) is 0 Å². The Morgan fingerprint density at radius 2 is 2.00 bits per heavy atom. The van der Waals surface area contributed by atoms with Crippen molar-refractivity contribution in [3.05, 3.63) is 53.6 Å². The Morgan fingerprint density at radius 3 is 2.70 bits per heavy atom. The molecule has 2 aromatic carbocycles. The summed E-state index contributed by atoms with van der Waals surface area (Å²) in [5.41, 5.74) is 6.64. The molecule has 5 heteroatoms. The van der Waals surface area contributed by atoms with Gasteiger partial charge in [-0.15, -0.1) is 0 Å². The van der Waals surface area contributed by atoms with E-state index in [2.05, 4.69) is 4.74 Å². The number of benzene rings is 2. The van der Waals surface area contributed by atoms with E-state index in [1.807, 2.05) is 6.07 Å². The lowest BCUT2D eigenvalue weighted by atomic mass is 10.1. The Kier molecular flexibility index (Phi) is 3.87. The van der Waals surface area contributed by atoms with Gasteiger partial charge in [0.1, 0.15) is 17.6 Å². The Bertz CT molecular complexity index is 690. The van der Waals surface area contributed by atoms with Gasteiger partial charge in [-0.1, -0.05) is 12.1 Å². The van der Waals surface area contributed by atoms with Crippen molar-refractivity contribution in [2.45, 2.75) is 0 Å². The van der Waals surface area contributed by atoms with Gasteiger partial charge in [-0.05, 0) is 30.3 Å². The van der Waals surface area contributed by atoms with Crippen molar-refractivity contribution < 1.29 is 14.3 Å². The number of nitrogen functional groups attached to an aromatic ring is 1. The topological polar surface area (TPSA) is 85.3 Å². The van der Waals surface area contributed by atoms with Crippen molar-refractivity contribution in [2.75, 3.05) is 12.8 Å². The molecular weight excluding hydrogens is 256 g/mol. The molecule has 0 saturated carbocycles. The zero-order valence-corrected chi connectivity index (χ0v) is 10.8. The first-order chi connectivity index (χ1) is 9.65. The molecule has 100 valence electrons. The van der Waals surface area contributed by atoms with Gasteiger partial charge in [-0.25, -0.2) is 4.79 Å². The molecule has 5 nitrogen and oxygen atoms in total. The molecule has 0 aliphatic rings. The minimum absolute atomic E-state index is 0.222. The van der Waals surface area contributed by atoms with E-state index in [1.54, 1.807) is 36.4 Å². The molecule has 2 aromatic rings. The number of nitrogens with zero attached hydrogens (tertiary/aromatic N) is 1. The number of methoxy groups -OCH3 is 1. The van der Waals surface area contributed by atoms with Gasteiger partial charge in [0, 0.05) is 5.69 Å². The van der Waals surface area contributed by atoms with Crippen LogP contribution in [0.1, 0.15) is 15.9 Å². The predicted molar refractivity (Wildman–Crippen MR) is 73.4 cm³/mol. The monoisotopic (exact) mass is 268 g/mol. The second kappa shape index (κ2) is 5.76. The summed E-state index contributed by atoms with van der Waals surface area (Å²) in [5.74, 6) is 0.277. The van der Waals surface area contributed by atoms with Crippen LogP contribution >= 0.6 is 0 Å². The number of carbonyl (C=O) groups is 1. The van der Waals surface area contributed by atoms with Crippen LogP contribution in [0.15, 0.2) is 42.5 Å². The number of nitrogens with two attached hydrogens (primary N) is 1. The highest BCUT2D eigenvalue weighted by Crippen LogP contribution is 2.27. The molecule has 0 radical (unpaired) electrons. The molecule has 2 rings (SSSR count). The highest BCUT2D eigenvalue weighted by molar-refractivity contribution is 5.95. The molecule has 0 fully saturated rings. The molecule has 0 heterocycles. The molecule has 0 saturated heterocycles. The van der Waals surface area contributed by atoms with E-state index < -0.39 is 5.97 Å². The molecular formula is C15H12N2O3. The number of hydrogen-bond donors (Lipinski definition) is 1. The SMILES string of the molecule is COC(=O)c1cc(Oc2ccccc2C#N)ccc1N. The summed E-state index contributed by atoms with van der Waals surface area (Å²) in [6, 6.07) is 13.5. The van der Waals surface area contributed by atoms with Crippen LogP contribution in [0.25, 0.3) is 0 Å². The number of anilines is 1. The van der Waals surface area contributed by atoms with Crippen molar-refractivity contribution in [2.24, 2.45) is 0 Å². The van der Waals surface area contributed by atoms with Crippen LogP contribution in [0.4, 0.5) is 5.69 Å². The van der Waals surface area contributed by atoms with Gasteiger partial charge in [0.25, 0.3) is 0 Å². The van der Waals surface area contributed by atoms with E-state index in [4.69, 9.17) is 15.7 Å². The number of para-hydroxylation sites is 1. The fourth-order valence-corrected chi connectivity index (χ4v) is 1.66. The van der Waals surface area contributed by atoms with E-state index in [9.17, 15) is 4.79 Å². The summed E-state index contributed by atoms with van der Waals surface area (Å²) in [7, 11) is 1.28. The van der Waals surface area contributed by atoms with E-state index in [-0.39, 0.29) is 5.56 Å². The van der Waals surface area contributed by atoms with Gasteiger partial charge >= 0.3 is 5.97 Å². The van der Waals surface area contributed by atoms with Crippen molar-refractivity contribution in [1.82, 2.24) is 0 Å². The van der Waals surface area contributed by atoms with Crippen molar-refractivity contribution in [1.29, 1.82) is 5.26 Å². The molecule has 0 aromatic heterocycles. The number of nitriles is 1. The third kappa shape index (κ3) is 2.70. The molecule has 0 spiro atoms. The molecule has 20 heavy (non-hydrogen) atoms. The first kappa shape index (κ1) is 13.4. The van der Waals surface area contributed by atoms with Crippen molar-refractivity contribution in [3.8, 4) is 17.6 Å². The molecule has 0 atom stereocenters. The van der Waals surface area contributed by atoms with Crippen LogP contribution in [-0.2, 0) is 4.74 Å². The second-order valence-electron chi connectivity index (χ2n) is 3.95. The summed E-state index contributed by atoms with van der Waals surface area (Å²) < 4.78 is 10.2. The first-order valence-corrected chi connectivity index (χ1v) is 5.80. The second-order valence-corrected chi connectivity index (χ2v) is 3.95. The fourth-order valence-electron chi connectivity index (χ4n) is 1.66. The summed E-state index contributed by atoms with van der Waals surface area (Å²) in [6.07, 6.45) is 0. The quantitative estimate of drug-likeness (QED) is 0.683. The Hall–Kier alpha value is -3.00. The van der Waals surface area contributed by atoms with Crippen LogP contribution in [0.3, 0.4) is 0 Å². The molecule has 2 N–H and O–H groups in total. The summed E-state index contributed by atoms with van der Waals surface area (Å²) in [6.45, 7) is 0. The lowest BCUT2D eigenvalue weighted by Crippen LogP contribution is -2.05. The van der Waals surface area contributed by atoms with E-state index in [1.165, 1.54) is 13.2 Å². The fraction of sp³-hybridized carbons (Fsp3) is 0.0667. The molecule has 0 aliphatic heterocycles. The maximum Gasteiger partial charge on any atom is 0.340 e. The number of ether oxygens (including phenoxy) is 2. The van der Waals surface area contributed by atoms with E-state index in [0.29, 0.717) is 22.7 Å². The Labute approximate surface area is 116 Å². The highest BCUT2D eigenvalue weighted by Gasteiger charge is 2.12. The van der Waals surface area contributed by atoms with Crippen LogP contribution in [0, 0.1) is 11.3 Å². The number of hydrogen-bond acceptors (Lipinski definition) is 5. The lowest BCUT2D eigenvalue weighted by molar-refractivity contribution is 0.0601. The molecule has 0 amide bonds.